The van der Waals surface area contributed by atoms with Crippen LogP contribution >= 0.6 is 0 Å². The van der Waals surface area contributed by atoms with Gasteiger partial charge in [-0.05, 0) is 6.42 Å². The van der Waals surface area contributed by atoms with Crippen LogP contribution in [0.3, 0.4) is 0 Å². The summed E-state index contributed by atoms with van der Waals surface area (Å²) in [6.45, 7) is 1.94. The molecule has 1 atom stereocenters. The smallest absolute Gasteiger partial charge is 0.326 e. The van der Waals surface area contributed by atoms with Crippen LogP contribution in [0.1, 0.15) is 36.2 Å². The Kier molecular flexibility index (Phi) is 5.63. The van der Waals surface area contributed by atoms with Gasteiger partial charge in [0.25, 0.3) is 5.91 Å². The molecule has 0 fully saturated rings. The van der Waals surface area contributed by atoms with E-state index in [2.05, 4.69) is 25.2 Å². The fraction of sp³-hybridized carbons (Fsp3) is 0.545. The number of aromatic amines is 1. The van der Waals surface area contributed by atoms with Crippen molar-refractivity contribution in [3.8, 4) is 0 Å². The van der Waals surface area contributed by atoms with E-state index in [-0.39, 0.29) is 5.82 Å². The van der Waals surface area contributed by atoms with Crippen LogP contribution in [0.2, 0.25) is 0 Å². The second-order valence-corrected chi connectivity index (χ2v) is 4.00. The van der Waals surface area contributed by atoms with Crippen LogP contribution in [0.4, 0.5) is 0 Å². The summed E-state index contributed by atoms with van der Waals surface area (Å²) in [6.07, 6.45) is 0.991. The Hall–Kier alpha value is -2.45. The van der Waals surface area contributed by atoms with E-state index >= 15 is 0 Å². The molecule has 0 bridgehead atoms. The zero-order chi connectivity index (χ0) is 15.1. The second-order valence-electron chi connectivity index (χ2n) is 4.00. The number of aromatic nitrogens is 3. The Balaban J connectivity index is 2.69. The van der Waals surface area contributed by atoms with Gasteiger partial charge in [-0.25, -0.2) is 9.78 Å². The van der Waals surface area contributed by atoms with Gasteiger partial charge in [-0.3, -0.25) is 14.7 Å². The molecule has 9 nitrogen and oxygen atoms in total. The number of aliphatic carboxylic acids is 1. The number of carboxylic acids is 1. The normalized spacial score (nSPS) is 11.7. The maximum Gasteiger partial charge on any atom is 0.326 e. The van der Waals surface area contributed by atoms with Crippen molar-refractivity contribution >= 4 is 17.8 Å². The number of carbonyl (C=O) groups is 3. The number of aryl methyl sites for hydroxylation is 1. The molecular weight excluding hydrogens is 268 g/mol. The fourth-order valence-electron chi connectivity index (χ4n) is 1.42. The number of H-pyrrole nitrogens is 1. The highest BCUT2D eigenvalue weighted by Crippen LogP contribution is 2.00. The molecule has 1 aromatic heterocycles. The summed E-state index contributed by atoms with van der Waals surface area (Å²) in [5.41, 5.74) is 0. The van der Waals surface area contributed by atoms with Gasteiger partial charge in [0.05, 0.1) is 13.5 Å². The van der Waals surface area contributed by atoms with Gasteiger partial charge in [-0.1, -0.05) is 6.92 Å². The van der Waals surface area contributed by atoms with E-state index in [4.69, 9.17) is 5.11 Å². The van der Waals surface area contributed by atoms with Crippen molar-refractivity contribution in [2.24, 2.45) is 0 Å². The van der Waals surface area contributed by atoms with Crippen LogP contribution in [0, 0.1) is 0 Å². The van der Waals surface area contributed by atoms with E-state index in [1.807, 2.05) is 6.92 Å². The summed E-state index contributed by atoms with van der Waals surface area (Å²) in [7, 11) is 1.13. The molecule has 0 saturated carbocycles. The molecular formula is C11H16N4O5. The van der Waals surface area contributed by atoms with Crippen molar-refractivity contribution in [1.82, 2.24) is 20.5 Å². The standard InChI is InChI=1S/C11H16N4O5/c1-3-4-7-13-9(15-14-7)10(17)12-6(11(18)19)5-8(16)20-2/h6H,3-5H2,1-2H3,(H,12,17)(H,18,19)(H,13,14,15)/t6-/m0/s1. The molecule has 110 valence electrons. The average molecular weight is 284 g/mol. The van der Waals surface area contributed by atoms with Gasteiger partial charge in [0.15, 0.2) is 0 Å². The first-order chi connectivity index (χ1) is 9.47. The van der Waals surface area contributed by atoms with E-state index in [1.54, 1.807) is 0 Å². The summed E-state index contributed by atoms with van der Waals surface area (Å²) in [4.78, 5) is 37.7. The number of rotatable bonds is 7. The lowest BCUT2D eigenvalue weighted by Gasteiger charge is -2.11. The van der Waals surface area contributed by atoms with E-state index in [0.29, 0.717) is 12.2 Å². The molecule has 0 aliphatic heterocycles. The van der Waals surface area contributed by atoms with Crippen LogP contribution in [0.5, 0.6) is 0 Å². The van der Waals surface area contributed by atoms with E-state index in [9.17, 15) is 14.4 Å². The molecule has 0 aromatic carbocycles. The number of amides is 1. The zero-order valence-corrected chi connectivity index (χ0v) is 11.2. The topological polar surface area (TPSA) is 134 Å². The quantitative estimate of drug-likeness (QED) is 0.574. The number of ether oxygens (including phenoxy) is 1. The minimum atomic E-state index is -1.39. The molecule has 1 rings (SSSR count). The highest BCUT2D eigenvalue weighted by Gasteiger charge is 2.25. The van der Waals surface area contributed by atoms with Gasteiger partial charge in [0.2, 0.25) is 5.82 Å². The summed E-state index contributed by atoms with van der Waals surface area (Å²) in [6, 6.07) is -1.39. The highest BCUT2D eigenvalue weighted by atomic mass is 16.5. The Labute approximate surface area is 114 Å². The number of carbonyl (C=O) groups excluding carboxylic acids is 2. The monoisotopic (exact) mass is 284 g/mol. The Morgan fingerprint density at radius 1 is 1.45 bits per heavy atom. The third-order valence-electron chi connectivity index (χ3n) is 2.42. The van der Waals surface area contributed by atoms with Gasteiger partial charge < -0.3 is 15.2 Å². The molecule has 0 spiro atoms. The number of methoxy groups -OCH3 is 1. The summed E-state index contributed by atoms with van der Waals surface area (Å²) in [5.74, 6) is -2.46. The maximum absolute atomic E-state index is 11.8. The molecule has 1 amide bonds. The van der Waals surface area contributed by atoms with Crippen LogP contribution < -0.4 is 5.32 Å². The van der Waals surface area contributed by atoms with Crippen molar-refractivity contribution in [1.29, 1.82) is 0 Å². The molecule has 0 aliphatic carbocycles. The number of hydrogen-bond donors (Lipinski definition) is 3. The number of hydrogen-bond acceptors (Lipinski definition) is 6. The number of nitrogens with one attached hydrogen (secondary N) is 2. The first-order valence-electron chi connectivity index (χ1n) is 5.99. The largest absolute Gasteiger partial charge is 0.480 e. The maximum atomic E-state index is 11.8. The third-order valence-corrected chi connectivity index (χ3v) is 2.42. The molecule has 9 heteroatoms. The first kappa shape index (κ1) is 15.6. The Morgan fingerprint density at radius 2 is 2.15 bits per heavy atom. The molecule has 20 heavy (non-hydrogen) atoms. The molecule has 3 N–H and O–H groups in total. The summed E-state index contributed by atoms with van der Waals surface area (Å²) >= 11 is 0. The predicted molar refractivity (Wildman–Crippen MR) is 65.9 cm³/mol. The minimum absolute atomic E-state index is 0.162. The van der Waals surface area contributed by atoms with Crippen molar-refractivity contribution in [3.05, 3.63) is 11.6 Å². The second kappa shape index (κ2) is 7.22. The molecule has 0 saturated heterocycles. The Bertz CT molecular complexity index is 499. The zero-order valence-electron chi connectivity index (χ0n) is 11.2. The minimum Gasteiger partial charge on any atom is -0.480 e. The van der Waals surface area contributed by atoms with Gasteiger partial charge >= 0.3 is 11.9 Å². The molecule has 1 heterocycles. The lowest BCUT2D eigenvalue weighted by atomic mass is 10.2. The molecule has 0 unspecified atom stereocenters. The van der Waals surface area contributed by atoms with E-state index in [0.717, 1.165) is 13.5 Å². The van der Waals surface area contributed by atoms with Crippen LogP contribution in [0.15, 0.2) is 0 Å². The van der Waals surface area contributed by atoms with E-state index < -0.39 is 30.3 Å². The Morgan fingerprint density at radius 3 is 2.70 bits per heavy atom. The molecule has 0 aliphatic rings. The number of nitrogens with zero attached hydrogens (tertiary/aromatic N) is 2. The van der Waals surface area contributed by atoms with E-state index in [1.165, 1.54) is 0 Å². The van der Waals surface area contributed by atoms with Crippen LogP contribution in [0.25, 0.3) is 0 Å². The average Bonchev–Trinajstić information content (AvgIpc) is 2.86. The van der Waals surface area contributed by atoms with Crippen molar-refractivity contribution in [2.45, 2.75) is 32.2 Å². The SMILES string of the molecule is CCCc1nc(C(=O)N[C@@H](CC(=O)OC)C(=O)O)n[nH]1. The summed E-state index contributed by atoms with van der Waals surface area (Å²) in [5, 5.41) is 17.4. The third kappa shape index (κ3) is 4.34. The predicted octanol–water partition coefficient (Wildman–Crippen LogP) is -0.497. The van der Waals surface area contributed by atoms with Gasteiger partial charge in [-0.2, -0.15) is 0 Å². The number of esters is 1. The van der Waals surface area contributed by atoms with Gasteiger partial charge in [0, 0.05) is 6.42 Å². The lowest BCUT2D eigenvalue weighted by Crippen LogP contribution is -2.42. The van der Waals surface area contributed by atoms with Crippen LogP contribution in [-0.2, 0) is 20.7 Å². The molecule has 0 radical (unpaired) electrons. The van der Waals surface area contributed by atoms with Crippen molar-refractivity contribution < 1.29 is 24.2 Å². The van der Waals surface area contributed by atoms with Crippen molar-refractivity contribution in [3.63, 3.8) is 0 Å². The first-order valence-corrected chi connectivity index (χ1v) is 5.99. The highest BCUT2D eigenvalue weighted by molar-refractivity contribution is 5.94. The summed E-state index contributed by atoms with van der Waals surface area (Å²) < 4.78 is 4.36. The number of carboxylic acid groups (broad SMARTS) is 1. The van der Waals surface area contributed by atoms with Crippen molar-refractivity contribution in [2.75, 3.05) is 7.11 Å². The van der Waals surface area contributed by atoms with Crippen LogP contribution in [-0.4, -0.2) is 51.3 Å². The lowest BCUT2D eigenvalue weighted by molar-refractivity contribution is -0.147. The fourth-order valence-corrected chi connectivity index (χ4v) is 1.42. The molecule has 1 aromatic rings. The van der Waals surface area contributed by atoms with Gasteiger partial charge in [-0.15, -0.1) is 5.10 Å². The van der Waals surface area contributed by atoms with Gasteiger partial charge in [0.1, 0.15) is 11.9 Å².